The molecule has 15 atom stereocenters. The van der Waals surface area contributed by atoms with Crippen LogP contribution in [0.1, 0.15) is 101 Å². The van der Waals surface area contributed by atoms with Gasteiger partial charge in [-0.3, -0.25) is 19.6 Å². The number of nitrogens with zero attached hydrogens (tertiary/aromatic N) is 5. The zero-order chi connectivity index (χ0) is 52.6. The number of aliphatic hydroxyl groups is 5. The van der Waals surface area contributed by atoms with Crippen LogP contribution in [-0.2, 0) is 57.5 Å². The molecule has 2 aromatic carbocycles. The Hall–Kier alpha value is -5.27. The van der Waals surface area contributed by atoms with Crippen molar-refractivity contribution >= 4 is 34.3 Å². The van der Waals surface area contributed by atoms with E-state index < -0.39 is 115 Å². The molecule has 0 spiro atoms. The number of rotatable bonds is 22. The molecule has 2 aromatic heterocycles. The summed E-state index contributed by atoms with van der Waals surface area (Å²) in [4.78, 5) is 51.7. The van der Waals surface area contributed by atoms with Gasteiger partial charge >= 0.3 is 11.9 Å². The maximum absolute atomic E-state index is 14.2. The number of nitro groups is 1. The van der Waals surface area contributed by atoms with E-state index in [0.717, 1.165) is 43.0 Å². The number of carboxylic acids is 1. The largest absolute Gasteiger partial charge is 0.479 e. The third-order valence-corrected chi connectivity index (χ3v) is 15.1. The number of ketones is 1. The van der Waals surface area contributed by atoms with Gasteiger partial charge in [-0.25, -0.2) is 9.59 Å². The molecule has 2 saturated carbocycles. The summed E-state index contributed by atoms with van der Waals surface area (Å²) in [6.07, 6.45) is -8.21. The van der Waals surface area contributed by atoms with Crippen LogP contribution in [0.25, 0.3) is 10.9 Å². The first-order valence-electron chi connectivity index (χ1n) is 25.8. The Morgan fingerprint density at radius 3 is 2.36 bits per heavy atom. The minimum atomic E-state index is -1.70. The quantitative estimate of drug-likeness (QED) is 0.0370. The third-order valence-electron chi connectivity index (χ3n) is 15.1. The van der Waals surface area contributed by atoms with Crippen molar-refractivity contribution in [2.24, 2.45) is 17.8 Å². The molecule has 0 bridgehead atoms. The van der Waals surface area contributed by atoms with Crippen LogP contribution in [-0.4, -0.2) is 159 Å². The Kier molecular flexibility index (Phi) is 18.6. The normalized spacial score (nSPS) is 31.2. The highest BCUT2D eigenvalue weighted by Gasteiger charge is 2.54. The van der Waals surface area contributed by atoms with Gasteiger partial charge in [-0.2, -0.15) is 0 Å². The van der Waals surface area contributed by atoms with Gasteiger partial charge < -0.3 is 63.6 Å². The van der Waals surface area contributed by atoms with Crippen molar-refractivity contribution in [3.63, 3.8) is 0 Å². The zero-order valence-corrected chi connectivity index (χ0v) is 41.6. The number of aryl methyl sites for hydroxylation is 3. The molecule has 0 radical (unpaired) electrons. The summed E-state index contributed by atoms with van der Waals surface area (Å²) < 4.78 is 41.3. The van der Waals surface area contributed by atoms with E-state index in [1.807, 2.05) is 30.0 Å². The Morgan fingerprint density at radius 2 is 1.64 bits per heavy atom. The lowest BCUT2D eigenvalue weighted by Crippen LogP contribution is -2.64. The molecule has 0 amide bonds. The Balaban J connectivity index is 0.981. The molecule has 2 saturated heterocycles. The second kappa shape index (κ2) is 25.0. The summed E-state index contributed by atoms with van der Waals surface area (Å²) in [6, 6.07) is 14.6. The van der Waals surface area contributed by atoms with E-state index in [1.165, 1.54) is 25.1 Å². The number of carbonyl (C=O) groups is 3. The minimum absolute atomic E-state index is 0.0116. The van der Waals surface area contributed by atoms with E-state index in [-0.39, 0.29) is 42.2 Å². The van der Waals surface area contributed by atoms with Crippen LogP contribution < -0.4 is 0 Å². The molecule has 2 aliphatic heterocycles. The molecule has 4 heterocycles. The fourth-order valence-corrected chi connectivity index (χ4v) is 11.0. The minimum Gasteiger partial charge on any atom is -0.479 e. The summed E-state index contributed by atoms with van der Waals surface area (Å²) in [6.45, 7) is 3.77. The molecule has 22 heteroatoms. The number of nitro benzene ring substituents is 1. The maximum atomic E-state index is 14.2. The topological polar surface area (TPSA) is 307 Å². The van der Waals surface area contributed by atoms with Gasteiger partial charge in [0, 0.05) is 60.9 Å². The summed E-state index contributed by atoms with van der Waals surface area (Å²) in [5, 5.41) is 85.6. The van der Waals surface area contributed by atoms with Crippen LogP contribution in [0, 0.1) is 27.9 Å². The molecule has 6 unspecified atom stereocenters. The highest BCUT2D eigenvalue weighted by Crippen LogP contribution is 2.40. The third kappa shape index (κ3) is 13.2. The van der Waals surface area contributed by atoms with E-state index in [4.69, 9.17) is 28.4 Å². The van der Waals surface area contributed by atoms with Crippen molar-refractivity contribution in [1.29, 1.82) is 0 Å². The summed E-state index contributed by atoms with van der Waals surface area (Å²) in [5.74, 6) is -3.31. The number of benzene rings is 2. The predicted octanol–water partition coefficient (Wildman–Crippen LogP) is 3.88. The van der Waals surface area contributed by atoms with Gasteiger partial charge in [0.05, 0.1) is 41.1 Å². The molecule has 4 aliphatic rings. The second-order valence-electron chi connectivity index (χ2n) is 20.4. The van der Waals surface area contributed by atoms with Crippen molar-refractivity contribution in [3.05, 3.63) is 88.4 Å². The van der Waals surface area contributed by atoms with E-state index in [9.17, 15) is 55.1 Å². The lowest BCUT2D eigenvalue weighted by Gasteiger charge is -2.48. The first kappa shape index (κ1) is 55.0. The summed E-state index contributed by atoms with van der Waals surface area (Å²) in [5.41, 5.74) is 1.74. The Bertz CT molecular complexity index is 2500. The van der Waals surface area contributed by atoms with Crippen molar-refractivity contribution in [2.45, 2.75) is 184 Å². The molecular weight excluding hydrogens is 967 g/mol. The number of aliphatic carboxylic acids is 1. The van der Waals surface area contributed by atoms with Gasteiger partial charge in [0.1, 0.15) is 42.4 Å². The van der Waals surface area contributed by atoms with Gasteiger partial charge in [0.2, 0.25) is 0 Å². The van der Waals surface area contributed by atoms with E-state index >= 15 is 0 Å². The number of carbonyl (C=O) groups excluding carboxylic acids is 2. The van der Waals surface area contributed by atoms with E-state index in [0.29, 0.717) is 44.5 Å². The molecule has 8 rings (SSSR count). The number of hydrogen-bond acceptors (Lipinski definition) is 18. The Labute approximate surface area is 427 Å². The number of non-ortho nitro benzene ring substituents is 1. The molecule has 4 fully saturated rings. The number of esters is 1. The summed E-state index contributed by atoms with van der Waals surface area (Å²) >= 11 is 0. The van der Waals surface area contributed by atoms with Gasteiger partial charge in [-0.1, -0.05) is 62.4 Å². The lowest BCUT2D eigenvalue weighted by atomic mass is 9.75. The molecule has 6 N–H and O–H groups in total. The average Bonchev–Trinajstić information content (AvgIpc) is 4.03. The number of hydrogen-bond donors (Lipinski definition) is 6. The number of carboxylic acid groups (broad SMARTS) is 1. The van der Waals surface area contributed by atoms with Gasteiger partial charge in [-0.15, -0.1) is 5.10 Å². The first-order valence-corrected chi connectivity index (χ1v) is 25.8. The fraction of sp³-hybridized carbons (Fsp3) is 0.635. The van der Waals surface area contributed by atoms with Crippen LogP contribution in [0.2, 0.25) is 0 Å². The van der Waals surface area contributed by atoms with Crippen LogP contribution in [0.5, 0.6) is 0 Å². The number of Topliss-reactive ketones (excluding diaryl/α,β-unsaturated/α-hetero) is 1. The standard InChI is InChI=1S/C52H69N5O17/c1-29-23-34(38(59)16-9-15-35-27-56(54-53-35)21-10-20-55-22-19-33-25-36(57(67)68)17-18-37(33)55)26-39(46(29)74-51-45(63)44(62)42(60)30(2)69-51)71-52-48(73-50(66)32-13-7-4-8-14-32)47(43(61)41(28-58)72-52)70-40(49(64)65)24-31-11-5-3-6-12-31/h4,7-8,13-14,17-19,22,25,27,29-31,34,39-48,51-52,58,60-63H,3,5-6,9-12,15-16,20-21,23-24,26,28H2,1-2H3,(H,64,65)/t29?,30?,34?,39-,40+,41+,42-,43+,44+,45?,46-,47?,48?,51+,52-/m1/s1. The smallest absolute Gasteiger partial charge is 0.338 e. The van der Waals surface area contributed by atoms with E-state index in [1.54, 1.807) is 35.0 Å². The SMILES string of the molecule is CC1O[C@@H](O[C@@H]2C(C)CC(C(=O)CCCc3cn(CCCn4ccc5cc([N+](=O)[O-])ccc54)nn3)C[C@H]2O[C@@H]2O[C@@H](CO)[C@H](O)C(O[C@@H](CC3CCCCC3)C(=O)O)C2OC(=O)c2ccccc2)C(O)[C@@H](O)[C@@H]1O. The molecule has 2 aliphatic carbocycles. The number of aliphatic hydroxyl groups excluding tert-OH is 5. The molecule has 4 aromatic rings. The average molecular weight is 1040 g/mol. The highest BCUT2D eigenvalue weighted by molar-refractivity contribution is 5.89. The zero-order valence-electron chi connectivity index (χ0n) is 41.6. The number of ether oxygens (including phenoxy) is 6. The first-order chi connectivity index (χ1) is 35.6. The maximum Gasteiger partial charge on any atom is 0.338 e. The highest BCUT2D eigenvalue weighted by atomic mass is 16.7. The van der Waals surface area contributed by atoms with Gasteiger partial charge in [-0.05, 0) is 81.5 Å². The van der Waals surface area contributed by atoms with Crippen molar-refractivity contribution in [1.82, 2.24) is 19.6 Å². The molecular formula is C52H69N5O17. The van der Waals surface area contributed by atoms with Crippen molar-refractivity contribution in [2.75, 3.05) is 6.61 Å². The van der Waals surface area contributed by atoms with Crippen LogP contribution in [0.15, 0.2) is 67.0 Å². The van der Waals surface area contributed by atoms with Crippen LogP contribution >= 0.6 is 0 Å². The summed E-state index contributed by atoms with van der Waals surface area (Å²) in [7, 11) is 0. The van der Waals surface area contributed by atoms with E-state index in [2.05, 4.69) is 10.3 Å². The monoisotopic (exact) mass is 1040 g/mol. The molecule has 22 nitrogen and oxygen atoms in total. The molecule has 74 heavy (non-hydrogen) atoms. The second-order valence-corrected chi connectivity index (χ2v) is 20.4. The fourth-order valence-electron chi connectivity index (χ4n) is 11.0. The Morgan fingerprint density at radius 1 is 0.865 bits per heavy atom. The number of aromatic nitrogens is 4. The van der Waals surface area contributed by atoms with Crippen molar-refractivity contribution in [3.8, 4) is 0 Å². The van der Waals surface area contributed by atoms with Gasteiger partial charge in [0.25, 0.3) is 5.69 Å². The van der Waals surface area contributed by atoms with Crippen LogP contribution in [0.3, 0.4) is 0 Å². The number of fused-ring (bicyclic) bond motifs is 1. The molecule has 404 valence electrons. The van der Waals surface area contributed by atoms with Gasteiger partial charge in [0.15, 0.2) is 24.8 Å². The van der Waals surface area contributed by atoms with Crippen molar-refractivity contribution < 1.29 is 78.4 Å². The van der Waals surface area contributed by atoms with Crippen LogP contribution in [0.4, 0.5) is 5.69 Å². The lowest BCUT2D eigenvalue weighted by molar-refractivity contribution is -0.384. The predicted molar refractivity (Wildman–Crippen MR) is 260 cm³/mol.